The molecule has 0 aliphatic rings. The minimum Gasteiger partial charge on any atom is -0.322 e. The standard InChI is InChI=1S/C15H13FN2O3/c1-2-10-7-8-11(9-14(10)18(20)21)17-15(19)12-5-3-4-6-13(12)16/h3-9H,2H2,1H3,(H,17,19). The maximum atomic E-state index is 13.5. The number of carbonyl (C=O) groups is 1. The van der Waals surface area contributed by atoms with E-state index >= 15 is 0 Å². The number of nitrogens with zero attached hydrogens (tertiary/aromatic N) is 1. The molecule has 0 saturated carbocycles. The average Bonchev–Trinajstić information content (AvgIpc) is 2.47. The van der Waals surface area contributed by atoms with Crippen LogP contribution in [0, 0.1) is 15.9 Å². The molecule has 108 valence electrons. The van der Waals surface area contributed by atoms with Crippen molar-refractivity contribution >= 4 is 17.3 Å². The van der Waals surface area contributed by atoms with Crippen molar-refractivity contribution < 1.29 is 14.1 Å². The van der Waals surface area contributed by atoms with E-state index in [2.05, 4.69) is 5.32 Å². The zero-order chi connectivity index (χ0) is 15.4. The van der Waals surface area contributed by atoms with Crippen LogP contribution in [0.25, 0.3) is 0 Å². The van der Waals surface area contributed by atoms with Crippen molar-refractivity contribution in [1.29, 1.82) is 0 Å². The number of halogens is 1. The number of benzene rings is 2. The van der Waals surface area contributed by atoms with Crippen LogP contribution in [0.5, 0.6) is 0 Å². The van der Waals surface area contributed by atoms with Gasteiger partial charge in [-0.25, -0.2) is 4.39 Å². The molecule has 0 aromatic heterocycles. The van der Waals surface area contributed by atoms with Crippen LogP contribution in [0.4, 0.5) is 15.8 Å². The molecule has 2 aromatic carbocycles. The number of nitro benzene ring substituents is 1. The smallest absolute Gasteiger partial charge is 0.274 e. The van der Waals surface area contributed by atoms with Gasteiger partial charge in [0.05, 0.1) is 10.5 Å². The number of rotatable bonds is 4. The Kier molecular flexibility index (Phi) is 4.27. The van der Waals surface area contributed by atoms with E-state index in [9.17, 15) is 19.3 Å². The van der Waals surface area contributed by atoms with Crippen molar-refractivity contribution in [2.75, 3.05) is 5.32 Å². The summed E-state index contributed by atoms with van der Waals surface area (Å²) in [7, 11) is 0. The molecular formula is C15H13FN2O3. The second kappa shape index (κ2) is 6.13. The highest BCUT2D eigenvalue weighted by atomic mass is 19.1. The summed E-state index contributed by atoms with van der Waals surface area (Å²) in [6, 6.07) is 9.96. The van der Waals surface area contributed by atoms with Crippen LogP contribution in [0.2, 0.25) is 0 Å². The zero-order valence-corrected chi connectivity index (χ0v) is 11.3. The van der Waals surface area contributed by atoms with E-state index < -0.39 is 16.6 Å². The van der Waals surface area contributed by atoms with Gasteiger partial charge in [0.1, 0.15) is 5.82 Å². The molecule has 2 rings (SSSR count). The van der Waals surface area contributed by atoms with Crippen molar-refractivity contribution in [2.24, 2.45) is 0 Å². The molecule has 0 saturated heterocycles. The quantitative estimate of drug-likeness (QED) is 0.690. The van der Waals surface area contributed by atoms with E-state index in [0.29, 0.717) is 12.0 Å². The number of nitro groups is 1. The van der Waals surface area contributed by atoms with E-state index in [1.54, 1.807) is 25.1 Å². The summed E-state index contributed by atoms with van der Waals surface area (Å²) in [6.07, 6.45) is 0.512. The summed E-state index contributed by atoms with van der Waals surface area (Å²) in [5.41, 5.74) is 0.652. The highest BCUT2D eigenvalue weighted by Crippen LogP contribution is 2.24. The predicted octanol–water partition coefficient (Wildman–Crippen LogP) is 3.55. The van der Waals surface area contributed by atoms with Gasteiger partial charge in [-0.05, 0) is 24.6 Å². The number of aryl methyl sites for hydroxylation is 1. The molecule has 2 aromatic rings. The first kappa shape index (κ1) is 14.6. The second-order valence-corrected chi connectivity index (χ2v) is 4.39. The molecule has 5 nitrogen and oxygen atoms in total. The minimum absolute atomic E-state index is 0.0659. The summed E-state index contributed by atoms with van der Waals surface area (Å²) >= 11 is 0. The first-order valence-corrected chi connectivity index (χ1v) is 6.36. The van der Waals surface area contributed by atoms with Crippen molar-refractivity contribution in [3.63, 3.8) is 0 Å². The number of anilines is 1. The van der Waals surface area contributed by atoms with Gasteiger partial charge in [0.2, 0.25) is 0 Å². The third kappa shape index (κ3) is 3.22. The Balaban J connectivity index is 2.28. The number of carbonyl (C=O) groups excluding carboxylic acids is 1. The molecule has 0 atom stereocenters. The van der Waals surface area contributed by atoms with E-state index in [4.69, 9.17) is 0 Å². The fourth-order valence-corrected chi connectivity index (χ4v) is 1.95. The molecule has 6 heteroatoms. The number of hydrogen-bond donors (Lipinski definition) is 1. The van der Waals surface area contributed by atoms with Gasteiger partial charge in [-0.3, -0.25) is 14.9 Å². The van der Waals surface area contributed by atoms with Crippen LogP contribution in [0.3, 0.4) is 0 Å². The van der Waals surface area contributed by atoms with Crippen molar-refractivity contribution in [3.8, 4) is 0 Å². The van der Waals surface area contributed by atoms with Gasteiger partial charge in [0, 0.05) is 17.3 Å². The minimum atomic E-state index is -0.647. The Bertz CT molecular complexity index is 701. The lowest BCUT2D eigenvalue weighted by atomic mass is 10.1. The highest BCUT2D eigenvalue weighted by Gasteiger charge is 2.16. The van der Waals surface area contributed by atoms with Gasteiger partial charge >= 0.3 is 0 Å². The predicted molar refractivity (Wildman–Crippen MR) is 76.8 cm³/mol. The molecule has 21 heavy (non-hydrogen) atoms. The lowest BCUT2D eigenvalue weighted by Crippen LogP contribution is -2.13. The maximum Gasteiger partial charge on any atom is 0.274 e. The topological polar surface area (TPSA) is 72.2 Å². The molecule has 0 bridgehead atoms. The van der Waals surface area contributed by atoms with Crippen LogP contribution in [0.15, 0.2) is 42.5 Å². The summed E-state index contributed by atoms with van der Waals surface area (Å²) in [5.74, 6) is -1.29. The molecule has 1 N–H and O–H groups in total. The van der Waals surface area contributed by atoms with Gasteiger partial charge < -0.3 is 5.32 Å². The Hall–Kier alpha value is -2.76. The highest BCUT2D eigenvalue weighted by molar-refractivity contribution is 6.04. The average molecular weight is 288 g/mol. The van der Waals surface area contributed by atoms with Gasteiger partial charge in [0.25, 0.3) is 11.6 Å². The summed E-state index contributed by atoms with van der Waals surface area (Å²) in [6.45, 7) is 1.81. The summed E-state index contributed by atoms with van der Waals surface area (Å²) in [5, 5.41) is 13.4. The van der Waals surface area contributed by atoms with E-state index in [0.717, 1.165) is 0 Å². The molecule has 1 amide bonds. The third-order valence-corrected chi connectivity index (χ3v) is 3.04. The molecule has 0 fully saturated rings. The molecule has 0 aliphatic heterocycles. The van der Waals surface area contributed by atoms with Crippen LogP contribution < -0.4 is 5.32 Å². The van der Waals surface area contributed by atoms with Crippen molar-refractivity contribution in [3.05, 3.63) is 69.5 Å². The van der Waals surface area contributed by atoms with Crippen LogP contribution in [-0.4, -0.2) is 10.8 Å². The van der Waals surface area contributed by atoms with Gasteiger partial charge in [-0.15, -0.1) is 0 Å². The van der Waals surface area contributed by atoms with Crippen LogP contribution in [0.1, 0.15) is 22.8 Å². The zero-order valence-electron chi connectivity index (χ0n) is 11.3. The second-order valence-electron chi connectivity index (χ2n) is 4.39. The molecule has 0 spiro atoms. The van der Waals surface area contributed by atoms with E-state index in [1.165, 1.54) is 24.3 Å². The van der Waals surface area contributed by atoms with Crippen LogP contribution >= 0.6 is 0 Å². The fourth-order valence-electron chi connectivity index (χ4n) is 1.95. The molecular weight excluding hydrogens is 275 g/mol. The first-order chi connectivity index (χ1) is 10.0. The maximum absolute atomic E-state index is 13.5. The number of hydrogen-bond acceptors (Lipinski definition) is 3. The van der Waals surface area contributed by atoms with Gasteiger partial charge in [-0.2, -0.15) is 0 Å². The number of amides is 1. The van der Waals surface area contributed by atoms with Crippen molar-refractivity contribution in [1.82, 2.24) is 0 Å². The van der Waals surface area contributed by atoms with Gasteiger partial charge in [0.15, 0.2) is 0 Å². The lowest BCUT2D eigenvalue weighted by molar-refractivity contribution is -0.385. The lowest BCUT2D eigenvalue weighted by Gasteiger charge is -2.07. The Morgan fingerprint density at radius 2 is 2.00 bits per heavy atom. The first-order valence-electron chi connectivity index (χ1n) is 6.36. The molecule has 0 radical (unpaired) electrons. The van der Waals surface area contributed by atoms with Crippen molar-refractivity contribution in [2.45, 2.75) is 13.3 Å². The van der Waals surface area contributed by atoms with E-state index in [-0.39, 0.29) is 16.9 Å². The molecule has 0 aliphatic carbocycles. The SMILES string of the molecule is CCc1ccc(NC(=O)c2ccccc2F)cc1[N+](=O)[O-]. The Morgan fingerprint density at radius 3 is 2.62 bits per heavy atom. The fraction of sp³-hybridized carbons (Fsp3) is 0.133. The van der Waals surface area contributed by atoms with E-state index in [1.807, 2.05) is 0 Å². The molecule has 0 unspecified atom stereocenters. The summed E-state index contributed by atoms with van der Waals surface area (Å²) < 4.78 is 13.5. The number of nitrogens with one attached hydrogen (secondary N) is 1. The Labute approximate surface area is 120 Å². The van der Waals surface area contributed by atoms with Gasteiger partial charge in [-0.1, -0.05) is 25.1 Å². The summed E-state index contributed by atoms with van der Waals surface area (Å²) in [4.78, 5) is 22.4. The largest absolute Gasteiger partial charge is 0.322 e. The Morgan fingerprint density at radius 1 is 1.29 bits per heavy atom. The van der Waals surface area contributed by atoms with Crippen LogP contribution in [-0.2, 0) is 6.42 Å². The molecule has 0 heterocycles. The third-order valence-electron chi connectivity index (χ3n) is 3.04. The normalized spacial score (nSPS) is 10.2. The monoisotopic (exact) mass is 288 g/mol.